The molecular weight excluding hydrogens is 320 g/mol. The van der Waals surface area contributed by atoms with E-state index >= 15 is 0 Å². The highest BCUT2D eigenvalue weighted by Gasteiger charge is 1.95. The van der Waals surface area contributed by atoms with Gasteiger partial charge in [-0.25, -0.2) is 0 Å². The topological polar surface area (TPSA) is 18.5 Å². The summed E-state index contributed by atoms with van der Waals surface area (Å²) in [5.41, 5.74) is 0. The zero-order chi connectivity index (χ0) is 19.0. The van der Waals surface area contributed by atoms with E-state index in [-0.39, 0.29) is 0 Å². The Morgan fingerprint density at radius 2 is 0.885 bits per heavy atom. The van der Waals surface area contributed by atoms with Crippen molar-refractivity contribution in [2.45, 2.75) is 129 Å². The van der Waals surface area contributed by atoms with Gasteiger partial charge in [-0.15, -0.1) is 0 Å². The van der Waals surface area contributed by atoms with Crippen LogP contribution in [-0.4, -0.2) is 19.8 Å². The first-order chi connectivity index (χ1) is 12.9. The van der Waals surface area contributed by atoms with Gasteiger partial charge >= 0.3 is 0 Å². The molecule has 0 aliphatic rings. The number of ether oxygens (including phenoxy) is 2. The van der Waals surface area contributed by atoms with Gasteiger partial charge in [-0.3, -0.25) is 0 Å². The van der Waals surface area contributed by atoms with E-state index in [1.165, 1.54) is 116 Å². The second-order valence-electron chi connectivity index (χ2n) is 7.71. The van der Waals surface area contributed by atoms with Gasteiger partial charge in [0.15, 0.2) is 0 Å². The summed E-state index contributed by atoms with van der Waals surface area (Å²) in [5, 5.41) is 0. The molecule has 0 spiro atoms. The fourth-order valence-corrected chi connectivity index (χ4v) is 3.38. The molecule has 0 aliphatic carbocycles. The van der Waals surface area contributed by atoms with E-state index in [4.69, 9.17) is 9.47 Å². The third-order valence-electron chi connectivity index (χ3n) is 5.12. The van der Waals surface area contributed by atoms with E-state index in [9.17, 15) is 0 Å². The second kappa shape index (κ2) is 24.9. The molecule has 0 atom stereocenters. The molecule has 1 radical (unpaired) electrons. The summed E-state index contributed by atoms with van der Waals surface area (Å²) >= 11 is 0. The maximum atomic E-state index is 5.41. The molecule has 157 valence electrons. The summed E-state index contributed by atoms with van der Waals surface area (Å²) in [6.07, 6.45) is 25.6. The smallest absolute Gasteiger partial charge is 0.109 e. The molecule has 0 N–H and O–H groups in total. The molecule has 0 aromatic rings. The molecule has 0 saturated carbocycles. The highest BCUT2D eigenvalue weighted by Crippen LogP contribution is 2.14. The van der Waals surface area contributed by atoms with Crippen molar-refractivity contribution < 1.29 is 9.47 Å². The van der Waals surface area contributed by atoms with Crippen molar-refractivity contribution in [2.75, 3.05) is 19.8 Å². The van der Waals surface area contributed by atoms with Crippen LogP contribution in [0.1, 0.15) is 129 Å². The first-order valence-corrected chi connectivity index (χ1v) is 11.9. The van der Waals surface area contributed by atoms with Crippen LogP contribution < -0.4 is 0 Å². The Morgan fingerprint density at radius 3 is 1.27 bits per heavy atom. The van der Waals surface area contributed by atoms with E-state index in [0.717, 1.165) is 13.2 Å². The minimum atomic E-state index is 0.621. The van der Waals surface area contributed by atoms with Crippen molar-refractivity contribution in [1.29, 1.82) is 0 Å². The van der Waals surface area contributed by atoms with Gasteiger partial charge in [0, 0.05) is 13.2 Å². The molecule has 0 unspecified atom stereocenters. The van der Waals surface area contributed by atoms with Crippen LogP contribution in [0.4, 0.5) is 0 Å². The highest BCUT2D eigenvalue weighted by atomic mass is 16.5. The van der Waals surface area contributed by atoms with Crippen molar-refractivity contribution in [3.63, 3.8) is 0 Å². The number of unbranched alkanes of at least 4 members (excludes halogenated alkanes) is 17. The molecule has 26 heavy (non-hydrogen) atoms. The second-order valence-corrected chi connectivity index (χ2v) is 7.71. The number of hydrogen-bond acceptors (Lipinski definition) is 2. The third-order valence-corrected chi connectivity index (χ3v) is 5.12. The minimum absolute atomic E-state index is 0.621. The fraction of sp³-hybridized carbons (Fsp3) is 0.958. The van der Waals surface area contributed by atoms with Crippen LogP contribution in [0.15, 0.2) is 0 Å². The molecule has 0 amide bonds. The molecule has 2 nitrogen and oxygen atoms in total. The van der Waals surface area contributed by atoms with E-state index < -0.39 is 0 Å². The van der Waals surface area contributed by atoms with Crippen LogP contribution in [0, 0.1) is 6.61 Å². The Morgan fingerprint density at radius 1 is 0.500 bits per heavy atom. The summed E-state index contributed by atoms with van der Waals surface area (Å²) in [5.74, 6) is 0. The standard InChI is InChI=1S/C24H49O2/c1-3-5-6-7-8-9-10-11-12-13-14-15-16-17-18-19-20-21-22-26-24-23-25-4-2/h24H,3-23H2,1-2H3. The zero-order valence-corrected chi connectivity index (χ0v) is 18.2. The van der Waals surface area contributed by atoms with Gasteiger partial charge in [-0.1, -0.05) is 116 Å². The Labute approximate surface area is 165 Å². The highest BCUT2D eigenvalue weighted by molar-refractivity contribution is 4.51. The van der Waals surface area contributed by atoms with Crippen molar-refractivity contribution in [3.8, 4) is 0 Å². The van der Waals surface area contributed by atoms with E-state index in [1.54, 1.807) is 6.61 Å². The Hall–Kier alpha value is -0.0800. The lowest BCUT2D eigenvalue weighted by atomic mass is 10.0. The van der Waals surface area contributed by atoms with Crippen LogP contribution in [0.3, 0.4) is 0 Å². The number of hydrogen-bond donors (Lipinski definition) is 0. The Kier molecular flexibility index (Phi) is 24.8. The summed E-state index contributed by atoms with van der Waals surface area (Å²) in [7, 11) is 0. The molecule has 0 aromatic heterocycles. The van der Waals surface area contributed by atoms with Crippen molar-refractivity contribution in [1.82, 2.24) is 0 Å². The van der Waals surface area contributed by atoms with Gasteiger partial charge < -0.3 is 9.47 Å². The molecule has 2 heteroatoms. The molecule has 0 rings (SSSR count). The Balaban J connectivity index is 2.95. The van der Waals surface area contributed by atoms with Gasteiger partial charge in [0.05, 0.1) is 6.61 Å². The van der Waals surface area contributed by atoms with Crippen molar-refractivity contribution in [3.05, 3.63) is 6.61 Å². The monoisotopic (exact) mass is 369 g/mol. The normalized spacial score (nSPS) is 11.3. The molecule has 0 aromatic carbocycles. The first-order valence-electron chi connectivity index (χ1n) is 11.9. The number of rotatable bonds is 23. The summed E-state index contributed by atoms with van der Waals surface area (Å²) in [6.45, 7) is 8.32. The maximum absolute atomic E-state index is 5.41. The average molecular weight is 370 g/mol. The van der Waals surface area contributed by atoms with Crippen LogP contribution in [0.25, 0.3) is 0 Å². The van der Waals surface area contributed by atoms with Crippen molar-refractivity contribution in [2.24, 2.45) is 0 Å². The van der Waals surface area contributed by atoms with Gasteiger partial charge in [0.25, 0.3) is 0 Å². The van der Waals surface area contributed by atoms with Crippen LogP contribution >= 0.6 is 0 Å². The predicted molar refractivity (Wildman–Crippen MR) is 116 cm³/mol. The zero-order valence-electron chi connectivity index (χ0n) is 18.2. The van der Waals surface area contributed by atoms with E-state index in [2.05, 4.69) is 6.92 Å². The molecule has 0 saturated heterocycles. The van der Waals surface area contributed by atoms with Crippen LogP contribution in [0.2, 0.25) is 0 Å². The van der Waals surface area contributed by atoms with Gasteiger partial charge in [0.2, 0.25) is 0 Å². The summed E-state index contributed by atoms with van der Waals surface area (Å²) in [6, 6.07) is 0. The summed E-state index contributed by atoms with van der Waals surface area (Å²) in [4.78, 5) is 0. The molecule has 0 heterocycles. The van der Waals surface area contributed by atoms with E-state index in [1.807, 2.05) is 6.92 Å². The maximum Gasteiger partial charge on any atom is 0.109 e. The molecule has 0 bridgehead atoms. The van der Waals surface area contributed by atoms with Gasteiger partial charge in [-0.05, 0) is 13.3 Å². The largest absolute Gasteiger partial charge is 0.379 e. The average Bonchev–Trinajstić information content (AvgIpc) is 2.66. The van der Waals surface area contributed by atoms with Crippen molar-refractivity contribution >= 4 is 0 Å². The van der Waals surface area contributed by atoms with E-state index in [0.29, 0.717) is 6.61 Å². The summed E-state index contributed by atoms with van der Waals surface area (Å²) < 4.78 is 10.6. The SMILES string of the molecule is CCCCCCCCCCCCCCCCCCCCO[CH]COCC. The first kappa shape index (κ1) is 25.9. The lowest BCUT2D eigenvalue weighted by molar-refractivity contribution is 0.0958. The lowest BCUT2D eigenvalue weighted by Crippen LogP contribution is -1.99. The Bertz CT molecular complexity index is 206. The molecule has 0 fully saturated rings. The van der Waals surface area contributed by atoms with Crippen LogP contribution in [-0.2, 0) is 9.47 Å². The van der Waals surface area contributed by atoms with Gasteiger partial charge in [-0.2, -0.15) is 0 Å². The van der Waals surface area contributed by atoms with Crippen LogP contribution in [0.5, 0.6) is 0 Å². The minimum Gasteiger partial charge on any atom is -0.379 e. The van der Waals surface area contributed by atoms with Gasteiger partial charge in [0.1, 0.15) is 6.61 Å². The predicted octanol–water partition coefficient (Wildman–Crippen LogP) is 8.24. The quantitative estimate of drug-likeness (QED) is 0.169. The lowest BCUT2D eigenvalue weighted by Gasteiger charge is -2.05. The fourth-order valence-electron chi connectivity index (χ4n) is 3.38. The molecular formula is C24H49O2. The third kappa shape index (κ3) is 23.9. The molecule has 0 aliphatic heterocycles.